The van der Waals surface area contributed by atoms with Crippen molar-refractivity contribution in [3.8, 4) is 6.07 Å². The molecule has 1 aliphatic rings. The summed E-state index contributed by atoms with van der Waals surface area (Å²) in [5, 5.41) is 13.0. The third-order valence-electron chi connectivity index (χ3n) is 4.55. The summed E-state index contributed by atoms with van der Waals surface area (Å²) in [5.41, 5.74) is 0. The van der Waals surface area contributed by atoms with Gasteiger partial charge in [-0.2, -0.15) is 0 Å². The Morgan fingerprint density at radius 3 is 2.45 bits per heavy atom. The number of carbonyl (C=O) groups excluding carboxylic acids is 1. The Labute approximate surface area is 133 Å². The first-order chi connectivity index (χ1) is 10.1. The van der Waals surface area contributed by atoms with Gasteiger partial charge in [0.1, 0.15) is 0 Å². The molecule has 6 heteroatoms. The van der Waals surface area contributed by atoms with Crippen LogP contribution in [-0.4, -0.2) is 26.5 Å². The molecule has 0 saturated carbocycles. The van der Waals surface area contributed by atoms with Gasteiger partial charge in [-0.05, 0) is 18.1 Å². The zero-order valence-corrected chi connectivity index (χ0v) is 15.0. The van der Waals surface area contributed by atoms with Crippen LogP contribution in [0.3, 0.4) is 0 Å². The number of ether oxygens (including phenoxy) is 1. The highest BCUT2D eigenvalue weighted by atomic mass is 28.4. The van der Waals surface area contributed by atoms with E-state index in [1.165, 1.54) is 0 Å². The first-order valence-electron chi connectivity index (χ1n) is 7.30. The van der Waals surface area contributed by atoms with Crippen LogP contribution in [0.25, 0.3) is 5.01 Å². The maximum absolute atomic E-state index is 12.2. The topological polar surface area (TPSA) is 63.0 Å². The lowest BCUT2D eigenvalue weighted by molar-refractivity contribution is -0.144. The predicted molar refractivity (Wildman–Crippen MR) is 89.9 cm³/mol. The molecule has 0 radical (unpaired) electrons. The molecule has 1 heterocycles. The second kappa shape index (κ2) is 6.67. The summed E-state index contributed by atoms with van der Waals surface area (Å²) in [5.74, 6) is -1.42. The van der Waals surface area contributed by atoms with E-state index in [0.29, 0.717) is 0 Å². The maximum atomic E-state index is 12.2. The van der Waals surface area contributed by atoms with Crippen LogP contribution in [0.2, 0.25) is 18.1 Å². The van der Waals surface area contributed by atoms with E-state index in [9.17, 15) is 10.0 Å². The molecule has 0 aromatic heterocycles. The van der Waals surface area contributed by atoms with E-state index in [-0.39, 0.29) is 5.04 Å². The van der Waals surface area contributed by atoms with Gasteiger partial charge in [0.05, 0.1) is 12.0 Å². The van der Waals surface area contributed by atoms with Gasteiger partial charge in [-0.25, -0.2) is 0 Å². The molecule has 5 nitrogen and oxygen atoms in total. The summed E-state index contributed by atoms with van der Waals surface area (Å²) < 4.78 is 11.5. The zero-order chi connectivity index (χ0) is 17.1. The van der Waals surface area contributed by atoms with Crippen molar-refractivity contribution in [2.45, 2.75) is 51.1 Å². The Morgan fingerprint density at radius 2 is 2.05 bits per heavy atom. The van der Waals surface area contributed by atoms with Crippen molar-refractivity contribution in [1.82, 2.24) is 0 Å². The monoisotopic (exact) mass is 323 g/mol. The molecule has 0 unspecified atom stereocenters. The molecule has 0 N–H and O–H groups in total. The smallest absolute Gasteiger partial charge is 0.344 e. The van der Waals surface area contributed by atoms with E-state index in [0.717, 1.165) is 0 Å². The Hall–Kier alpha value is -1.58. The number of rotatable bonds is 5. The van der Waals surface area contributed by atoms with Gasteiger partial charge in [0.2, 0.25) is 6.10 Å². The summed E-state index contributed by atoms with van der Waals surface area (Å²) >= 11 is 0. The normalized spacial score (nSPS) is 26.6. The summed E-state index contributed by atoms with van der Waals surface area (Å²) in [7, 11) is -2.09. The fourth-order valence-electron chi connectivity index (χ4n) is 2.20. The quantitative estimate of drug-likeness (QED) is 0.335. The van der Waals surface area contributed by atoms with Crippen molar-refractivity contribution >= 4 is 14.3 Å². The van der Waals surface area contributed by atoms with Gasteiger partial charge in [0.15, 0.2) is 8.32 Å². The largest absolute Gasteiger partial charge is 0.498 e. The molecule has 4 atom stereocenters. The maximum Gasteiger partial charge on any atom is 0.344 e. The van der Waals surface area contributed by atoms with Crippen molar-refractivity contribution in [3.63, 3.8) is 0 Å². The second-order valence-electron chi connectivity index (χ2n) is 7.00. The van der Waals surface area contributed by atoms with Crippen LogP contribution >= 0.6 is 0 Å². The van der Waals surface area contributed by atoms with Crippen LogP contribution in [-0.2, 0) is 14.0 Å². The Morgan fingerprint density at radius 1 is 1.45 bits per heavy atom. The molecular weight excluding hydrogens is 298 g/mol. The highest BCUT2D eigenvalue weighted by Crippen LogP contribution is 2.41. The molecule has 0 amide bonds. The minimum Gasteiger partial charge on any atom is -0.498 e. The van der Waals surface area contributed by atoms with Crippen molar-refractivity contribution in [3.05, 3.63) is 35.5 Å². The first-order valence-corrected chi connectivity index (χ1v) is 10.2. The zero-order valence-electron chi connectivity index (χ0n) is 14.0. The number of cyclic esters (lactones) is 1. The fraction of sp³-hybridized carbons (Fsp3) is 0.625. The number of nitrogens with zero attached hydrogens (tertiary/aromatic N) is 1. The van der Waals surface area contributed by atoms with Crippen LogP contribution in [0.5, 0.6) is 0 Å². The van der Waals surface area contributed by atoms with Gasteiger partial charge >= 0.3 is 12.0 Å². The van der Waals surface area contributed by atoms with Crippen molar-refractivity contribution in [2.75, 3.05) is 0 Å². The van der Waals surface area contributed by atoms with Crippen LogP contribution in [0.4, 0.5) is 0 Å². The molecule has 0 aromatic rings. The minimum atomic E-state index is -2.09. The lowest BCUT2D eigenvalue weighted by Crippen LogP contribution is -2.46. The minimum absolute atomic E-state index is 0.00243. The van der Waals surface area contributed by atoms with E-state index in [1.54, 1.807) is 12.2 Å². The molecule has 1 fully saturated rings. The van der Waals surface area contributed by atoms with Gasteiger partial charge in [-0.15, -0.1) is 13.2 Å². The van der Waals surface area contributed by atoms with Gasteiger partial charge < -0.3 is 14.4 Å². The Balaban J connectivity index is 3.08. The third kappa shape index (κ3) is 3.60. The second-order valence-corrected chi connectivity index (χ2v) is 11.8. The van der Waals surface area contributed by atoms with Crippen molar-refractivity contribution in [1.29, 1.82) is 0 Å². The fourth-order valence-corrected chi connectivity index (χ4v) is 3.48. The molecule has 122 valence electrons. The number of esters is 1. The molecule has 0 aromatic carbocycles. The third-order valence-corrected chi connectivity index (χ3v) is 9.03. The first kappa shape index (κ1) is 18.5. The molecule has 22 heavy (non-hydrogen) atoms. The van der Waals surface area contributed by atoms with E-state index in [1.807, 2.05) is 0 Å². The molecule has 1 rings (SSSR count). The molecular formula is C16H25NO4Si. The number of hydrogen-bond donors (Lipinski definition) is 0. The van der Waals surface area contributed by atoms with Gasteiger partial charge in [-0.3, -0.25) is 4.79 Å². The SMILES string of the molecule is C=C[C@@H]1[C@@H]([C@H](C=C)O[Si](C)(C)C(C)(C)C)C(=O)O[C@H]1C#[N+][O-]. The molecule has 1 aliphatic heterocycles. The van der Waals surface area contributed by atoms with E-state index >= 15 is 0 Å². The lowest BCUT2D eigenvalue weighted by Gasteiger charge is -2.39. The summed E-state index contributed by atoms with van der Waals surface area (Å²) in [4.78, 5) is 12.2. The Bertz CT molecular complexity index is 512. The Kier molecular flexibility index (Phi) is 5.60. The van der Waals surface area contributed by atoms with Crippen LogP contribution < -0.4 is 0 Å². The standard InChI is InChI=1S/C16H25NO4Si/c1-8-11-13(10-17-19)20-15(18)14(11)12(9-2)21-22(6,7)16(3,4)5/h8-9,11-14H,1-2H2,3-7H3/t11-,12-,13-,14-/m0/s1. The molecule has 0 bridgehead atoms. The number of hydrogen-bond acceptors (Lipinski definition) is 4. The van der Waals surface area contributed by atoms with E-state index < -0.39 is 38.3 Å². The van der Waals surface area contributed by atoms with Crippen molar-refractivity contribution < 1.29 is 14.0 Å². The molecule has 0 aliphatic carbocycles. The van der Waals surface area contributed by atoms with Gasteiger partial charge in [0, 0.05) is 10.9 Å². The van der Waals surface area contributed by atoms with Crippen molar-refractivity contribution in [2.24, 2.45) is 11.8 Å². The molecule has 0 spiro atoms. The van der Waals surface area contributed by atoms with E-state index in [4.69, 9.17) is 9.16 Å². The highest BCUT2D eigenvalue weighted by molar-refractivity contribution is 6.74. The predicted octanol–water partition coefficient (Wildman–Crippen LogP) is 3.74. The average Bonchev–Trinajstić information content (AvgIpc) is 2.71. The number of carbonyl (C=O) groups is 1. The summed E-state index contributed by atoms with van der Waals surface area (Å²) in [6.07, 6.45) is 1.91. The van der Waals surface area contributed by atoms with Crippen LogP contribution in [0.15, 0.2) is 25.3 Å². The summed E-state index contributed by atoms with van der Waals surface area (Å²) in [6, 6.07) is 2.25. The average molecular weight is 323 g/mol. The van der Waals surface area contributed by atoms with Gasteiger partial charge in [-0.1, -0.05) is 32.9 Å². The van der Waals surface area contributed by atoms with E-state index in [2.05, 4.69) is 58.1 Å². The molecule has 1 saturated heterocycles. The van der Waals surface area contributed by atoms with Gasteiger partial charge in [0.25, 0.3) is 0 Å². The van der Waals surface area contributed by atoms with Crippen LogP contribution in [0.1, 0.15) is 20.8 Å². The summed E-state index contributed by atoms with van der Waals surface area (Å²) in [6.45, 7) is 18.1. The highest BCUT2D eigenvalue weighted by Gasteiger charge is 2.51. The lowest BCUT2D eigenvalue weighted by atomic mass is 9.86. The van der Waals surface area contributed by atoms with Crippen LogP contribution in [0, 0.1) is 23.1 Å².